The molecular weight excluding hydrogens is 353 g/mol. The van der Waals surface area contributed by atoms with Gasteiger partial charge in [0.2, 0.25) is 0 Å². The van der Waals surface area contributed by atoms with E-state index in [9.17, 15) is 19.1 Å². The van der Waals surface area contributed by atoms with Gasteiger partial charge >= 0.3 is 5.97 Å². The number of aromatic nitrogens is 2. The maximum absolute atomic E-state index is 13.2. The second-order valence-electron chi connectivity index (χ2n) is 6.18. The summed E-state index contributed by atoms with van der Waals surface area (Å²) in [4.78, 5) is 24.0. The molecule has 1 unspecified atom stereocenters. The van der Waals surface area contributed by atoms with Crippen LogP contribution in [-0.4, -0.2) is 46.0 Å². The lowest BCUT2D eigenvalue weighted by molar-refractivity contribution is -0.140. The zero-order valence-corrected chi connectivity index (χ0v) is 15.2. The number of halogens is 1. The third-order valence-electron chi connectivity index (χ3n) is 3.79. The van der Waals surface area contributed by atoms with Crippen LogP contribution in [0.4, 0.5) is 4.39 Å². The number of aliphatic carboxylic acids is 1. The normalized spacial score (nSPS) is 12.0. The molecule has 1 amide bonds. The lowest BCUT2D eigenvalue weighted by Crippen LogP contribution is -2.44. The second kappa shape index (κ2) is 9.09. The molecule has 0 aliphatic heterocycles. The number of benzene rings is 1. The first-order valence-corrected chi connectivity index (χ1v) is 8.41. The number of nitrogens with zero attached hydrogens (tertiary/aromatic N) is 2. The molecule has 0 spiro atoms. The van der Waals surface area contributed by atoms with Gasteiger partial charge in [0.25, 0.3) is 5.91 Å². The predicted octanol–water partition coefficient (Wildman–Crippen LogP) is 2.52. The Kier molecular flexibility index (Phi) is 6.84. The quantitative estimate of drug-likeness (QED) is 0.519. The van der Waals surface area contributed by atoms with Crippen molar-refractivity contribution in [2.24, 2.45) is 0 Å². The molecule has 2 aromatic rings. The van der Waals surface area contributed by atoms with Gasteiger partial charge < -0.3 is 15.2 Å². The van der Waals surface area contributed by atoms with E-state index in [1.165, 1.54) is 24.4 Å². The van der Waals surface area contributed by atoms with Gasteiger partial charge in [0.1, 0.15) is 5.82 Å². The summed E-state index contributed by atoms with van der Waals surface area (Å²) in [7, 11) is 0. The fourth-order valence-corrected chi connectivity index (χ4v) is 2.56. The van der Waals surface area contributed by atoms with E-state index in [1.807, 2.05) is 13.8 Å². The molecule has 1 atom stereocenters. The number of ether oxygens (including phenoxy) is 1. The van der Waals surface area contributed by atoms with Crippen molar-refractivity contribution >= 4 is 11.9 Å². The Morgan fingerprint density at radius 1 is 1.37 bits per heavy atom. The highest BCUT2D eigenvalue weighted by molar-refractivity contribution is 5.97. The van der Waals surface area contributed by atoms with E-state index >= 15 is 0 Å². The molecule has 1 aromatic carbocycles. The zero-order valence-electron chi connectivity index (χ0n) is 15.2. The number of carbonyl (C=O) groups is 2. The summed E-state index contributed by atoms with van der Waals surface area (Å²) in [6, 6.07) is 4.51. The van der Waals surface area contributed by atoms with E-state index in [0.717, 1.165) is 0 Å². The number of carbonyl (C=O) groups excluding carboxylic acids is 1. The Morgan fingerprint density at radius 2 is 2.04 bits per heavy atom. The highest BCUT2D eigenvalue weighted by atomic mass is 19.1. The molecule has 8 heteroatoms. The first-order valence-electron chi connectivity index (χ1n) is 8.41. The van der Waals surface area contributed by atoms with Crippen LogP contribution in [0.2, 0.25) is 0 Å². The van der Waals surface area contributed by atoms with Crippen LogP contribution in [0.5, 0.6) is 0 Å². The minimum Gasteiger partial charge on any atom is -0.480 e. The number of carboxylic acid groups (broad SMARTS) is 1. The van der Waals surface area contributed by atoms with Crippen LogP contribution in [0.15, 0.2) is 43.1 Å². The van der Waals surface area contributed by atoms with Crippen LogP contribution in [0.1, 0.15) is 35.8 Å². The van der Waals surface area contributed by atoms with Crippen molar-refractivity contribution < 1.29 is 23.8 Å². The van der Waals surface area contributed by atoms with Crippen molar-refractivity contribution in [3.63, 3.8) is 0 Å². The molecule has 7 nitrogen and oxygen atoms in total. The summed E-state index contributed by atoms with van der Waals surface area (Å²) in [5.74, 6) is -2.23. The number of hydrogen-bond donors (Lipinski definition) is 2. The van der Waals surface area contributed by atoms with Gasteiger partial charge in [0.15, 0.2) is 6.04 Å². The summed E-state index contributed by atoms with van der Waals surface area (Å²) in [5, 5.41) is 16.0. The molecule has 1 heterocycles. The van der Waals surface area contributed by atoms with Gasteiger partial charge in [0, 0.05) is 0 Å². The van der Waals surface area contributed by atoms with Gasteiger partial charge in [-0.15, -0.1) is 6.58 Å². The van der Waals surface area contributed by atoms with Gasteiger partial charge in [-0.2, -0.15) is 5.10 Å². The fourth-order valence-electron chi connectivity index (χ4n) is 2.56. The SMILES string of the molecule is C=CCOCC(NC(=O)c1cnn(-c2ccc(F)cc2)c1C(C)C)C(=O)O. The van der Waals surface area contributed by atoms with E-state index < -0.39 is 17.9 Å². The van der Waals surface area contributed by atoms with Crippen LogP contribution in [0, 0.1) is 5.82 Å². The van der Waals surface area contributed by atoms with Gasteiger partial charge in [-0.25, -0.2) is 13.9 Å². The summed E-state index contributed by atoms with van der Waals surface area (Å²) in [6.07, 6.45) is 2.86. The van der Waals surface area contributed by atoms with Crippen molar-refractivity contribution in [2.45, 2.75) is 25.8 Å². The van der Waals surface area contributed by atoms with Gasteiger partial charge in [0.05, 0.1) is 36.4 Å². The zero-order chi connectivity index (χ0) is 20.0. The van der Waals surface area contributed by atoms with Crippen LogP contribution in [0.25, 0.3) is 5.69 Å². The molecule has 0 bridgehead atoms. The monoisotopic (exact) mass is 375 g/mol. The highest BCUT2D eigenvalue weighted by Crippen LogP contribution is 2.23. The summed E-state index contributed by atoms with van der Waals surface area (Å²) < 4.78 is 19.9. The molecule has 2 rings (SSSR count). The van der Waals surface area contributed by atoms with Crippen LogP contribution in [0.3, 0.4) is 0 Å². The van der Waals surface area contributed by atoms with Gasteiger partial charge in [-0.05, 0) is 30.2 Å². The predicted molar refractivity (Wildman–Crippen MR) is 97.5 cm³/mol. The van der Waals surface area contributed by atoms with Gasteiger partial charge in [-0.1, -0.05) is 19.9 Å². The second-order valence-corrected chi connectivity index (χ2v) is 6.18. The third-order valence-corrected chi connectivity index (χ3v) is 3.79. The summed E-state index contributed by atoms with van der Waals surface area (Å²) >= 11 is 0. The minimum absolute atomic E-state index is 0.0846. The Balaban J connectivity index is 2.28. The summed E-state index contributed by atoms with van der Waals surface area (Å²) in [6.45, 7) is 7.25. The molecule has 0 fully saturated rings. The Bertz CT molecular complexity index is 815. The van der Waals surface area contributed by atoms with Crippen LogP contribution < -0.4 is 5.32 Å². The average molecular weight is 375 g/mol. The molecular formula is C19H22FN3O4. The van der Waals surface area contributed by atoms with Gasteiger partial charge in [-0.3, -0.25) is 4.79 Å². The number of rotatable bonds is 9. The first kappa shape index (κ1) is 20.3. The maximum Gasteiger partial charge on any atom is 0.328 e. The lowest BCUT2D eigenvalue weighted by atomic mass is 10.0. The topological polar surface area (TPSA) is 93.5 Å². The van der Waals surface area contributed by atoms with Crippen molar-refractivity contribution in [1.29, 1.82) is 0 Å². The molecule has 0 radical (unpaired) electrons. The lowest BCUT2D eigenvalue weighted by Gasteiger charge is -2.16. The number of nitrogens with one attached hydrogen (secondary N) is 1. The molecule has 0 saturated carbocycles. The highest BCUT2D eigenvalue weighted by Gasteiger charge is 2.25. The standard InChI is InChI=1S/C19H22FN3O4/c1-4-9-27-11-16(19(25)26)22-18(24)15-10-21-23(17(15)12(2)3)14-7-5-13(20)6-8-14/h4-8,10,12,16H,1,9,11H2,2-3H3,(H,22,24)(H,25,26). The molecule has 0 aliphatic rings. The van der Waals surface area contributed by atoms with Crippen LogP contribution in [-0.2, 0) is 9.53 Å². The number of amides is 1. The Labute approximate surface area is 156 Å². The molecule has 0 saturated heterocycles. The average Bonchev–Trinajstić information content (AvgIpc) is 3.07. The Hall–Kier alpha value is -3.00. The molecule has 1 aromatic heterocycles. The Morgan fingerprint density at radius 3 is 2.59 bits per heavy atom. The van der Waals surface area contributed by atoms with Crippen LogP contribution >= 0.6 is 0 Å². The van der Waals surface area contributed by atoms with E-state index in [2.05, 4.69) is 17.0 Å². The van der Waals surface area contributed by atoms with Crippen molar-refractivity contribution in [3.8, 4) is 5.69 Å². The van der Waals surface area contributed by atoms with Crippen molar-refractivity contribution in [2.75, 3.05) is 13.2 Å². The first-order chi connectivity index (χ1) is 12.8. The fraction of sp³-hybridized carbons (Fsp3) is 0.316. The van der Waals surface area contributed by atoms with E-state index in [4.69, 9.17) is 4.74 Å². The molecule has 0 aliphatic carbocycles. The smallest absolute Gasteiger partial charge is 0.328 e. The third kappa shape index (κ3) is 5.01. The van der Waals surface area contributed by atoms with E-state index in [0.29, 0.717) is 11.4 Å². The largest absolute Gasteiger partial charge is 0.480 e. The maximum atomic E-state index is 13.2. The number of hydrogen-bond acceptors (Lipinski definition) is 4. The minimum atomic E-state index is -1.20. The number of carboxylic acids is 1. The molecule has 2 N–H and O–H groups in total. The van der Waals surface area contributed by atoms with E-state index in [1.54, 1.807) is 16.8 Å². The summed E-state index contributed by atoms with van der Waals surface area (Å²) in [5.41, 5.74) is 1.45. The molecule has 144 valence electrons. The van der Waals surface area contributed by atoms with Crippen molar-refractivity contribution in [3.05, 3.63) is 60.2 Å². The van der Waals surface area contributed by atoms with E-state index in [-0.39, 0.29) is 30.5 Å². The molecule has 27 heavy (non-hydrogen) atoms. The van der Waals surface area contributed by atoms with Crippen molar-refractivity contribution in [1.82, 2.24) is 15.1 Å².